The van der Waals surface area contributed by atoms with E-state index in [-0.39, 0.29) is 22.7 Å². The molecule has 2 aromatic heterocycles. The summed E-state index contributed by atoms with van der Waals surface area (Å²) in [5.41, 5.74) is 1.41. The maximum absolute atomic E-state index is 12.2. The summed E-state index contributed by atoms with van der Waals surface area (Å²) >= 11 is 12.1. The number of nitrogens with zero attached hydrogens (tertiary/aromatic N) is 4. The summed E-state index contributed by atoms with van der Waals surface area (Å²) in [6.45, 7) is 2.01. The molecule has 1 saturated carbocycles. The van der Waals surface area contributed by atoms with Crippen molar-refractivity contribution in [3.8, 4) is 0 Å². The molecule has 0 atom stereocenters. The van der Waals surface area contributed by atoms with Crippen LogP contribution < -0.4 is 0 Å². The van der Waals surface area contributed by atoms with Crippen LogP contribution in [0.2, 0.25) is 10.2 Å². The maximum Gasteiger partial charge on any atom is 0.342 e. The zero-order chi connectivity index (χ0) is 17.6. The Morgan fingerprint density at radius 3 is 2.60 bits per heavy atom. The molecule has 0 saturated heterocycles. The lowest BCUT2D eigenvalue weighted by molar-refractivity contribution is 0.0527. The first kappa shape index (κ1) is 16.3. The van der Waals surface area contributed by atoms with Gasteiger partial charge in [-0.15, -0.1) is 10.2 Å². The normalized spacial score (nSPS) is 15.3. The standard InChI is InChI=1S/C17H14Cl2N4O2/c1-2-25-15(24)12-9-13(19)22-23-14(12)20-21-16(23)17(7-8-17)10-3-5-11(18)6-4-10/h3-6,9H,2,7-8H2,1H3. The molecule has 0 radical (unpaired) electrons. The van der Waals surface area contributed by atoms with Crippen molar-refractivity contribution in [2.24, 2.45) is 0 Å². The Kier molecular flexibility index (Phi) is 3.89. The average molecular weight is 377 g/mol. The number of carbonyl (C=O) groups is 1. The molecule has 0 amide bonds. The van der Waals surface area contributed by atoms with E-state index in [1.54, 1.807) is 11.4 Å². The summed E-state index contributed by atoms with van der Waals surface area (Å²) in [7, 11) is 0. The molecule has 3 aromatic rings. The topological polar surface area (TPSA) is 69.4 Å². The van der Waals surface area contributed by atoms with Crippen LogP contribution >= 0.6 is 23.2 Å². The number of hydrogen-bond acceptors (Lipinski definition) is 5. The van der Waals surface area contributed by atoms with Gasteiger partial charge in [-0.3, -0.25) is 0 Å². The van der Waals surface area contributed by atoms with E-state index in [0.717, 1.165) is 18.4 Å². The largest absolute Gasteiger partial charge is 0.462 e. The third kappa shape index (κ3) is 2.65. The van der Waals surface area contributed by atoms with Crippen molar-refractivity contribution in [2.75, 3.05) is 6.61 Å². The molecule has 4 rings (SSSR count). The van der Waals surface area contributed by atoms with Crippen LogP contribution in [0.25, 0.3) is 5.65 Å². The van der Waals surface area contributed by atoms with Gasteiger partial charge in [-0.25, -0.2) is 4.79 Å². The summed E-state index contributed by atoms with van der Waals surface area (Å²) in [6.07, 6.45) is 1.83. The van der Waals surface area contributed by atoms with Gasteiger partial charge in [0.1, 0.15) is 5.56 Å². The summed E-state index contributed by atoms with van der Waals surface area (Å²) in [4.78, 5) is 12.2. The van der Waals surface area contributed by atoms with Gasteiger partial charge in [-0.05, 0) is 43.5 Å². The Bertz CT molecular complexity index is 965. The summed E-state index contributed by atoms with van der Waals surface area (Å²) in [5, 5.41) is 13.7. The van der Waals surface area contributed by atoms with Gasteiger partial charge in [0.15, 0.2) is 16.6 Å². The SMILES string of the molecule is CCOC(=O)c1cc(Cl)nn2c(C3(c4ccc(Cl)cc4)CC3)nnc12. The summed E-state index contributed by atoms with van der Waals surface area (Å²) < 4.78 is 6.63. The molecule has 0 aliphatic heterocycles. The second-order valence-electron chi connectivity index (χ2n) is 5.95. The van der Waals surface area contributed by atoms with Gasteiger partial charge in [-0.1, -0.05) is 35.3 Å². The third-order valence-electron chi connectivity index (χ3n) is 4.41. The van der Waals surface area contributed by atoms with Crippen LogP contribution in [-0.2, 0) is 10.2 Å². The van der Waals surface area contributed by atoms with E-state index in [0.29, 0.717) is 16.5 Å². The van der Waals surface area contributed by atoms with Gasteiger partial charge in [0.05, 0.1) is 12.0 Å². The number of rotatable bonds is 4. The molecule has 1 aromatic carbocycles. The number of fused-ring (bicyclic) bond motifs is 1. The Morgan fingerprint density at radius 1 is 1.24 bits per heavy atom. The molecule has 8 heteroatoms. The number of ether oxygens (including phenoxy) is 1. The van der Waals surface area contributed by atoms with Gasteiger partial charge in [0.2, 0.25) is 0 Å². The Morgan fingerprint density at radius 2 is 1.96 bits per heavy atom. The van der Waals surface area contributed by atoms with E-state index >= 15 is 0 Å². The van der Waals surface area contributed by atoms with Crippen LogP contribution in [0.3, 0.4) is 0 Å². The highest BCUT2D eigenvalue weighted by molar-refractivity contribution is 6.30. The van der Waals surface area contributed by atoms with Gasteiger partial charge < -0.3 is 4.74 Å². The predicted molar refractivity (Wildman–Crippen MR) is 93.2 cm³/mol. The van der Waals surface area contributed by atoms with Crippen LogP contribution in [0, 0.1) is 0 Å². The minimum absolute atomic E-state index is 0.184. The molecule has 1 fully saturated rings. The highest BCUT2D eigenvalue weighted by Crippen LogP contribution is 2.52. The fourth-order valence-corrected chi connectivity index (χ4v) is 3.35. The quantitative estimate of drug-likeness (QED) is 0.649. The van der Waals surface area contributed by atoms with Gasteiger partial charge >= 0.3 is 5.97 Å². The summed E-state index contributed by atoms with van der Waals surface area (Å²) in [5.74, 6) is 0.171. The predicted octanol–water partition coefficient (Wildman–Crippen LogP) is 3.69. The van der Waals surface area contributed by atoms with Crippen molar-refractivity contribution in [2.45, 2.75) is 25.2 Å². The fourth-order valence-electron chi connectivity index (χ4n) is 3.04. The number of aromatic nitrogens is 4. The molecule has 1 aliphatic rings. The smallest absolute Gasteiger partial charge is 0.342 e. The molecule has 128 valence electrons. The first-order valence-electron chi connectivity index (χ1n) is 7.91. The fraction of sp³-hybridized carbons (Fsp3) is 0.294. The van der Waals surface area contributed by atoms with Crippen LogP contribution in [0.1, 0.15) is 41.5 Å². The van der Waals surface area contributed by atoms with Crippen LogP contribution in [0.5, 0.6) is 0 Å². The van der Waals surface area contributed by atoms with E-state index in [9.17, 15) is 4.79 Å². The molecular formula is C17H14Cl2N4O2. The maximum atomic E-state index is 12.2. The minimum Gasteiger partial charge on any atom is -0.462 e. The molecule has 1 aliphatic carbocycles. The lowest BCUT2D eigenvalue weighted by Gasteiger charge is -2.14. The van der Waals surface area contributed by atoms with E-state index in [4.69, 9.17) is 27.9 Å². The Balaban J connectivity index is 1.87. The zero-order valence-electron chi connectivity index (χ0n) is 13.4. The monoisotopic (exact) mass is 376 g/mol. The van der Waals surface area contributed by atoms with Crippen molar-refractivity contribution in [1.29, 1.82) is 0 Å². The number of hydrogen-bond donors (Lipinski definition) is 0. The van der Waals surface area contributed by atoms with Crippen molar-refractivity contribution in [1.82, 2.24) is 19.8 Å². The number of halogens is 2. The molecular weight excluding hydrogens is 363 g/mol. The van der Waals surface area contributed by atoms with E-state index in [2.05, 4.69) is 15.3 Å². The molecule has 0 N–H and O–H groups in total. The highest BCUT2D eigenvalue weighted by Gasteiger charge is 2.50. The molecule has 0 bridgehead atoms. The molecule has 0 spiro atoms. The Hall–Kier alpha value is -2.18. The van der Waals surface area contributed by atoms with Crippen LogP contribution in [0.4, 0.5) is 0 Å². The molecule has 2 heterocycles. The third-order valence-corrected chi connectivity index (χ3v) is 4.85. The van der Waals surface area contributed by atoms with Gasteiger partial charge in [-0.2, -0.15) is 9.61 Å². The van der Waals surface area contributed by atoms with Crippen molar-refractivity contribution >= 4 is 34.8 Å². The van der Waals surface area contributed by atoms with Crippen molar-refractivity contribution in [3.05, 3.63) is 57.5 Å². The van der Waals surface area contributed by atoms with E-state index in [1.807, 2.05) is 24.3 Å². The first-order chi connectivity index (χ1) is 12.0. The number of carbonyl (C=O) groups excluding carboxylic acids is 1. The molecule has 6 nitrogen and oxygen atoms in total. The van der Waals surface area contributed by atoms with Crippen LogP contribution in [-0.4, -0.2) is 32.4 Å². The highest BCUT2D eigenvalue weighted by atomic mass is 35.5. The van der Waals surface area contributed by atoms with E-state index < -0.39 is 5.97 Å². The Labute approximate surface area is 153 Å². The number of esters is 1. The van der Waals surface area contributed by atoms with Gasteiger partial charge in [0, 0.05) is 5.02 Å². The van der Waals surface area contributed by atoms with Gasteiger partial charge in [0.25, 0.3) is 0 Å². The lowest BCUT2D eigenvalue weighted by atomic mass is 9.95. The van der Waals surface area contributed by atoms with E-state index in [1.165, 1.54) is 6.07 Å². The second kappa shape index (κ2) is 5.97. The zero-order valence-corrected chi connectivity index (χ0v) is 14.9. The minimum atomic E-state index is -0.493. The summed E-state index contributed by atoms with van der Waals surface area (Å²) in [6, 6.07) is 9.12. The first-order valence-corrected chi connectivity index (χ1v) is 8.66. The number of benzene rings is 1. The second-order valence-corrected chi connectivity index (χ2v) is 6.77. The van der Waals surface area contributed by atoms with Crippen molar-refractivity contribution < 1.29 is 9.53 Å². The average Bonchev–Trinajstić information content (AvgIpc) is 3.28. The van der Waals surface area contributed by atoms with Crippen molar-refractivity contribution in [3.63, 3.8) is 0 Å². The molecule has 25 heavy (non-hydrogen) atoms. The van der Waals surface area contributed by atoms with Crippen LogP contribution in [0.15, 0.2) is 30.3 Å². The lowest BCUT2D eigenvalue weighted by Crippen LogP contribution is -2.16. The molecule has 0 unspecified atom stereocenters.